The van der Waals surface area contributed by atoms with Gasteiger partial charge >= 0.3 is 5.97 Å². The molecule has 3 fully saturated rings. The van der Waals surface area contributed by atoms with Gasteiger partial charge in [-0.2, -0.15) is 0 Å². The Labute approximate surface area is 115 Å². The van der Waals surface area contributed by atoms with Crippen LogP contribution in [0.4, 0.5) is 0 Å². The topological polar surface area (TPSA) is 49.8 Å². The Morgan fingerprint density at radius 2 is 1.89 bits per heavy atom. The Morgan fingerprint density at radius 1 is 1.21 bits per heavy atom. The highest BCUT2D eigenvalue weighted by atomic mass is 16.6. The van der Waals surface area contributed by atoms with Gasteiger partial charge in [0.25, 0.3) is 0 Å². The minimum absolute atomic E-state index is 0.0179. The van der Waals surface area contributed by atoms with Crippen molar-refractivity contribution in [2.24, 2.45) is 16.7 Å². The maximum atomic E-state index is 12.1. The van der Waals surface area contributed by atoms with E-state index >= 15 is 0 Å². The van der Waals surface area contributed by atoms with E-state index in [9.17, 15) is 9.90 Å². The molecule has 3 nitrogen and oxygen atoms in total. The largest absolute Gasteiger partial charge is 0.481 e. The fourth-order valence-electron chi connectivity index (χ4n) is 4.64. The summed E-state index contributed by atoms with van der Waals surface area (Å²) in [5.41, 5.74) is -0.786. The fourth-order valence-corrected chi connectivity index (χ4v) is 4.64. The van der Waals surface area contributed by atoms with E-state index in [0.717, 1.165) is 19.3 Å². The van der Waals surface area contributed by atoms with Crippen molar-refractivity contribution in [3.63, 3.8) is 0 Å². The lowest BCUT2D eigenvalue weighted by Crippen LogP contribution is -2.53. The van der Waals surface area contributed by atoms with Crippen LogP contribution in [0.1, 0.15) is 65.2 Å². The van der Waals surface area contributed by atoms with E-state index in [0.29, 0.717) is 5.92 Å². The van der Waals surface area contributed by atoms with Crippen LogP contribution in [0.3, 0.4) is 0 Å². The third kappa shape index (κ3) is 2.01. The summed E-state index contributed by atoms with van der Waals surface area (Å²) >= 11 is 0. The van der Waals surface area contributed by atoms with Gasteiger partial charge in [0.2, 0.25) is 0 Å². The first-order chi connectivity index (χ1) is 8.97. The number of hydrogen-bond donors (Lipinski definition) is 1. The third-order valence-corrected chi connectivity index (χ3v) is 6.05. The van der Waals surface area contributed by atoms with Crippen LogP contribution in [-0.4, -0.2) is 23.3 Å². The molecule has 3 unspecified atom stereocenters. The molecular weight excluding hydrogens is 240 g/mol. The van der Waals surface area contributed by atoms with Crippen LogP contribution < -0.4 is 0 Å². The third-order valence-electron chi connectivity index (χ3n) is 6.05. The van der Waals surface area contributed by atoms with Crippen LogP contribution >= 0.6 is 0 Å². The van der Waals surface area contributed by atoms with Crippen molar-refractivity contribution in [2.45, 2.75) is 77.4 Å². The first-order valence-electron chi connectivity index (χ1n) is 7.86. The predicted octanol–water partition coefficient (Wildman–Crippen LogP) is 3.62. The van der Waals surface area contributed by atoms with Crippen LogP contribution in [-0.2, 0) is 9.53 Å². The SMILES string of the molecule is CC1(C)CCC2OC2C1(CC1CCCCC1)C(=O)O. The zero-order chi connectivity index (χ0) is 13.7. The summed E-state index contributed by atoms with van der Waals surface area (Å²) in [6, 6.07) is 0. The number of carboxylic acid groups (broad SMARTS) is 1. The van der Waals surface area contributed by atoms with Gasteiger partial charge < -0.3 is 9.84 Å². The zero-order valence-corrected chi connectivity index (χ0v) is 12.2. The molecule has 3 heteroatoms. The molecule has 1 N–H and O–H groups in total. The molecule has 0 radical (unpaired) electrons. The molecule has 0 amide bonds. The lowest BCUT2D eigenvalue weighted by Gasteiger charge is -2.47. The van der Waals surface area contributed by atoms with E-state index in [1.807, 2.05) is 0 Å². The van der Waals surface area contributed by atoms with E-state index in [-0.39, 0.29) is 17.6 Å². The van der Waals surface area contributed by atoms with Gasteiger partial charge in [-0.1, -0.05) is 46.0 Å². The Morgan fingerprint density at radius 3 is 2.53 bits per heavy atom. The quantitative estimate of drug-likeness (QED) is 0.794. The fraction of sp³-hybridized carbons (Fsp3) is 0.938. The van der Waals surface area contributed by atoms with Crippen molar-refractivity contribution in [1.29, 1.82) is 0 Å². The number of hydrogen-bond acceptors (Lipinski definition) is 2. The molecule has 3 atom stereocenters. The molecule has 0 bridgehead atoms. The minimum Gasteiger partial charge on any atom is -0.481 e. The summed E-state index contributed by atoms with van der Waals surface area (Å²) in [5.74, 6) is -0.0256. The highest BCUT2D eigenvalue weighted by Crippen LogP contribution is 2.61. The van der Waals surface area contributed by atoms with Crippen LogP contribution in [0.25, 0.3) is 0 Å². The van der Waals surface area contributed by atoms with Crippen molar-refractivity contribution < 1.29 is 14.6 Å². The lowest BCUT2D eigenvalue weighted by molar-refractivity contribution is -0.163. The molecule has 1 heterocycles. The normalized spacial score (nSPS) is 41.6. The first-order valence-corrected chi connectivity index (χ1v) is 7.86. The Bertz CT molecular complexity index is 370. The van der Waals surface area contributed by atoms with Gasteiger partial charge in [0, 0.05) is 0 Å². The molecule has 1 aliphatic heterocycles. The van der Waals surface area contributed by atoms with Gasteiger partial charge in [-0.25, -0.2) is 0 Å². The highest BCUT2D eigenvalue weighted by Gasteiger charge is 2.68. The molecule has 0 aromatic heterocycles. The molecule has 19 heavy (non-hydrogen) atoms. The molecule has 0 aromatic rings. The highest BCUT2D eigenvalue weighted by molar-refractivity contribution is 5.77. The molecule has 108 valence electrons. The van der Waals surface area contributed by atoms with Crippen molar-refractivity contribution in [1.82, 2.24) is 0 Å². The summed E-state index contributed by atoms with van der Waals surface area (Å²) in [6.07, 6.45) is 9.35. The van der Waals surface area contributed by atoms with Gasteiger partial charge in [-0.3, -0.25) is 4.79 Å². The number of carbonyl (C=O) groups is 1. The second-order valence-corrected chi connectivity index (χ2v) is 7.50. The van der Waals surface area contributed by atoms with Gasteiger partial charge in [-0.05, 0) is 30.6 Å². The number of ether oxygens (including phenoxy) is 1. The first kappa shape index (κ1) is 13.4. The summed E-state index contributed by atoms with van der Waals surface area (Å²) in [6.45, 7) is 4.28. The standard InChI is InChI=1S/C16H26O3/c1-15(2)9-8-12-13(19-12)16(15,14(17)18)10-11-6-4-3-5-7-11/h11-13H,3-10H2,1-2H3,(H,17,18). The molecule has 0 spiro atoms. The molecule has 1 saturated heterocycles. The average Bonchev–Trinajstić information content (AvgIpc) is 3.13. The van der Waals surface area contributed by atoms with Crippen molar-refractivity contribution >= 4 is 5.97 Å². The van der Waals surface area contributed by atoms with Crippen LogP contribution in [0.2, 0.25) is 0 Å². The van der Waals surface area contributed by atoms with Gasteiger partial charge in [-0.15, -0.1) is 0 Å². The Balaban J connectivity index is 1.87. The molecule has 3 rings (SSSR count). The summed E-state index contributed by atoms with van der Waals surface area (Å²) in [4.78, 5) is 12.1. The van der Waals surface area contributed by atoms with Crippen LogP contribution in [0.5, 0.6) is 0 Å². The maximum Gasteiger partial charge on any atom is 0.312 e. The molecule has 2 saturated carbocycles. The van der Waals surface area contributed by atoms with Crippen LogP contribution in [0.15, 0.2) is 0 Å². The zero-order valence-electron chi connectivity index (χ0n) is 12.2. The van der Waals surface area contributed by atoms with Gasteiger partial charge in [0.05, 0.1) is 6.10 Å². The van der Waals surface area contributed by atoms with E-state index in [4.69, 9.17) is 4.74 Å². The maximum absolute atomic E-state index is 12.1. The second-order valence-electron chi connectivity index (χ2n) is 7.50. The van der Waals surface area contributed by atoms with Gasteiger partial charge in [0.15, 0.2) is 0 Å². The number of epoxide rings is 1. The summed E-state index contributed by atoms with van der Waals surface area (Å²) in [7, 11) is 0. The van der Waals surface area contributed by atoms with E-state index < -0.39 is 11.4 Å². The van der Waals surface area contributed by atoms with E-state index in [2.05, 4.69) is 13.8 Å². The number of rotatable bonds is 3. The van der Waals surface area contributed by atoms with Crippen molar-refractivity contribution in [2.75, 3.05) is 0 Å². The Kier molecular flexibility index (Phi) is 3.16. The lowest BCUT2D eigenvalue weighted by atomic mass is 9.54. The van der Waals surface area contributed by atoms with Crippen molar-refractivity contribution in [3.8, 4) is 0 Å². The molecular formula is C16H26O3. The van der Waals surface area contributed by atoms with E-state index in [1.54, 1.807) is 0 Å². The second kappa shape index (κ2) is 4.47. The molecule has 0 aromatic carbocycles. The van der Waals surface area contributed by atoms with Crippen molar-refractivity contribution in [3.05, 3.63) is 0 Å². The van der Waals surface area contributed by atoms with Crippen LogP contribution in [0, 0.1) is 16.7 Å². The van der Waals surface area contributed by atoms with Gasteiger partial charge in [0.1, 0.15) is 11.5 Å². The minimum atomic E-state index is -0.641. The Hall–Kier alpha value is -0.570. The molecule has 3 aliphatic rings. The summed E-state index contributed by atoms with van der Waals surface area (Å²) < 4.78 is 5.75. The predicted molar refractivity (Wildman–Crippen MR) is 72.9 cm³/mol. The smallest absolute Gasteiger partial charge is 0.312 e. The summed E-state index contributed by atoms with van der Waals surface area (Å²) in [5, 5.41) is 9.97. The number of carboxylic acids is 1. The monoisotopic (exact) mass is 266 g/mol. The van der Waals surface area contributed by atoms with E-state index in [1.165, 1.54) is 32.1 Å². The number of aliphatic carboxylic acids is 1. The average molecular weight is 266 g/mol. The number of fused-ring (bicyclic) bond motifs is 1. The molecule has 2 aliphatic carbocycles.